The maximum atomic E-state index is 5.87. The monoisotopic (exact) mass is 289 g/mol. The van der Waals surface area contributed by atoms with Crippen LogP contribution in [0.3, 0.4) is 0 Å². The highest BCUT2D eigenvalue weighted by Gasteiger charge is 2.07. The Morgan fingerprint density at radius 3 is 2.57 bits per heavy atom. The van der Waals surface area contributed by atoms with Crippen LogP contribution in [0.25, 0.3) is 10.9 Å². The summed E-state index contributed by atoms with van der Waals surface area (Å²) in [7, 11) is 0. The lowest BCUT2D eigenvalue weighted by Crippen LogP contribution is -2.07. The van der Waals surface area contributed by atoms with Gasteiger partial charge >= 0.3 is 0 Å². The Bertz CT molecular complexity index is 557. The summed E-state index contributed by atoms with van der Waals surface area (Å²) < 4.78 is 13.8. The van der Waals surface area contributed by atoms with Gasteiger partial charge in [-0.1, -0.05) is 19.9 Å². The minimum atomic E-state index is 0.193. The topological polar surface area (TPSA) is 23.4 Å². The first-order chi connectivity index (χ1) is 10.1. The molecule has 0 bridgehead atoms. The van der Waals surface area contributed by atoms with Gasteiger partial charge in [0, 0.05) is 24.7 Å². The van der Waals surface area contributed by atoms with E-state index in [1.54, 1.807) is 0 Å². The first kappa shape index (κ1) is 15.9. The molecule has 2 rings (SSSR count). The lowest BCUT2D eigenvalue weighted by molar-refractivity contribution is 0.117. The maximum Gasteiger partial charge on any atom is 0.129 e. The molecule has 2 aromatic rings. The third-order valence-corrected chi connectivity index (χ3v) is 3.45. The van der Waals surface area contributed by atoms with Gasteiger partial charge in [-0.15, -0.1) is 0 Å². The van der Waals surface area contributed by atoms with Gasteiger partial charge < -0.3 is 14.0 Å². The van der Waals surface area contributed by atoms with Gasteiger partial charge in [-0.05, 0) is 44.4 Å². The molecular weight excluding hydrogens is 262 g/mol. The van der Waals surface area contributed by atoms with Crippen LogP contribution in [0, 0.1) is 5.92 Å². The molecule has 0 N–H and O–H groups in total. The van der Waals surface area contributed by atoms with Crippen molar-refractivity contribution in [1.29, 1.82) is 0 Å². The van der Waals surface area contributed by atoms with Crippen LogP contribution in [0.1, 0.15) is 34.1 Å². The molecule has 0 aliphatic rings. The maximum absolute atomic E-state index is 5.87. The van der Waals surface area contributed by atoms with Gasteiger partial charge in [-0.3, -0.25) is 0 Å². The Hall–Kier alpha value is -1.48. The summed E-state index contributed by atoms with van der Waals surface area (Å²) in [5, 5.41) is 1.17. The van der Waals surface area contributed by atoms with E-state index < -0.39 is 0 Å². The number of fused-ring (bicyclic) bond motifs is 1. The number of benzene rings is 1. The number of rotatable bonds is 8. The van der Waals surface area contributed by atoms with Gasteiger partial charge in [0.05, 0.1) is 18.2 Å². The summed E-state index contributed by atoms with van der Waals surface area (Å²) in [5.41, 5.74) is 1.21. The molecule has 116 valence electrons. The van der Waals surface area contributed by atoms with E-state index in [1.807, 2.05) is 6.07 Å². The zero-order chi connectivity index (χ0) is 15.2. The summed E-state index contributed by atoms with van der Waals surface area (Å²) in [6, 6.07) is 8.35. The summed E-state index contributed by atoms with van der Waals surface area (Å²) in [4.78, 5) is 0. The molecule has 0 saturated carbocycles. The van der Waals surface area contributed by atoms with Gasteiger partial charge in [0.15, 0.2) is 0 Å². The number of aromatic nitrogens is 1. The molecule has 0 unspecified atom stereocenters. The predicted molar refractivity (Wildman–Crippen MR) is 88.0 cm³/mol. The Kier molecular flexibility index (Phi) is 5.68. The van der Waals surface area contributed by atoms with Crippen LogP contribution in [-0.2, 0) is 11.3 Å². The van der Waals surface area contributed by atoms with Gasteiger partial charge in [0.2, 0.25) is 0 Å². The predicted octanol–water partition coefficient (Wildman–Crippen LogP) is 4.49. The van der Waals surface area contributed by atoms with Gasteiger partial charge in [-0.25, -0.2) is 0 Å². The van der Waals surface area contributed by atoms with Crippen LogP contribution >= 0.6 is 0 Å². The van der Waals surface area contributed by atoms with Crippen LogP contribution in [0.15, 0.2) is 30.5 Å². The van der Waals surface area contributed by atoms with Crippen molar-refractivity contribution < 1.29 is 9.47 Å². The van der Waals surface area contributed by atoms with E-state index in [4.69, 9.17) is 9.47 Å². The first-order valence-corrected chi connectivity index (χ1v) is 7.90. The van der Waals surface area contributed by atoms with Gasteiger partial charge in [-0.2, -0.15) is 0 Å². The normalized spacial score (nSPS) is 11.7. The number of ether oxygens (including phenoxy) is 2. The van der Waals surface area contributed by atoms with E-state index >= 15 is 0 Å². The molecule has 0 aliphatic carbocycles. The zero-order valence-corrected chi connectivity index (χ0v) is 13.6. The highest BCUT2D eigenvalue weighted by atomic mass is 16.5. The van der Waals surface area contributed by atoms with Crippen molar-refractivity contribution in [2.45, 2.75) is 46.8 Å². The van der Waals surface area contributed by atoms with E-state index in [1.165, 1.54) is 10.9 Å². The molecule has 0 saturated heterocycles. The van der Waals surface area contributed by atoms with E-state index in [0.29, 0.717) is 5.92 Å². The third-order valence-electron chi connectivity index (χ3n) is 3.45. The molecule has 0 atom stereocenters. The Labute approximate surface area is 127 Å². The lowest BCUT2D eigenvalue weighted by Gasteiger charge is -2.12. The van der Waals surface area contributed by atoms with E-state index in [2.05, 4.69) is 56.7 Å². The molecule has 1 aromatic carbocycles. The molecule has 3 nitrogen and oxygen atoms in total. The van der Waals surface area contributed by atoms with Crippen molar-refractivity contribution in [3.63, 3.8) is 0 Å². The first-order valence-electron chi connectivity index (χ1n) is 7.90. The third kappa shape index (κ3) is 4.50. The standard InChI is InChI=1S/C18H27NO2/c1-14(2)9-12-20-13-11-19-10-8-16-17(19)6-5-7-18(16)21-15(3)4/h5-8,10,14-15H,9,11-13H2,1-4H3. The largest absolute Gasteiger partial charge is 0.490 e. The fourth-order valence-corrected chi connectivity index (χ4v) is 2.33. The van der Waals surface area contributed by atoms with Crippen LogP contribution in [0.2, 0.25) is 0 Å². The quantitative estimate of drug-likeness (QED) is 0.668. The highest BCUT2D eigenvalue weighted by Crippen LogP contribution is 2.27. The fourth-order valence-electron chi connectivity index (χ4n) is 2.33. The van der Waals surface area contributed by atoms with Gasteiger partial charge in [0.25, 0.3) is 0 Å². The molecule has 1 heterocycles. The van der Waals surface area contributed by atoms with Crippen molar-refractivity contribution >= 4 is 10.9 Å². The molecule has 0 radical (unpaired) electrons. The van der Waals surface area contributed by atoms with Crippen molar-refractivity contribution in [2.24, 2.45) is 5.92 Å². The van der Waals surface area contributed by atoms with Gasteiger partial charge in [0.1, 0.15) is 5.75 Å². The van der Waals surface area contributed by atoms with E-state index in [-0.39, 0.29) is 6.10 Å². The SMILES string of the molecule is CC(C)CCOCCn1ccc2c(OC(C)C)cccc21. The number of hydrogen-bond acceptors (Lipinski definition) is 2. The molecule has 0 amide bonds. The molecule has 0 aliphatic heterocycles. The average Bonchev–Trinajstić information content (AvgIpc) is 2.82. The summed E-state index contributed by atoms with van der Waals surface area (Å²) in [6.07, 6.45) is 3.43. The van der Waals surface area contributed by atoms with Crippen LogP contribution in [-0.4, -0.2) is 23.9 Å². The second-order valence-corrected chi connectivity index (χ2v) is 6.16. The van der Waals surface area contributed by atoms with Crippen molar-refractivity contribution in [3.05, 3.63) is 30.5 Å². The highest BCUT2D eigenvalue weighted by molar-refractivity contribution is 5.86. The molecule has 21 heavy (non-hydrogen) atoms. The number of nitrogens with zero attached hydrogens (tertiary/aromatic N) is 1. The minimum Gasteiger partial charge on any atom is -0.490 e. The molecule has 0 spiro atoms. The van der Waals surface area contributed by atoms with Crippen molar-refractivity contribution in [2.75, 3.05) is 13.2 Å². The molecule has 0 fully saturated rings. The summed E-state index contributed by atoms with van der Waals surface area (Å²) >= 11 is 0. The van der Waals surface area contributed by atoms with Crippen LogP contribution < -0.4 is 4.74 Å². The zero-order valence-electron chi connectivity index (χ0n) is 13.6. The average molecular weight is 289 g/mol. The lowest BCUT2D eigenvalue weighted by atomic mass is 10.1. The van der Waals surface area contributed by atoms with Crippen molar-refractivity contribution in [3.8, 4) is 5.75 Å². The number of hydrogen-bond donors (Lipinski definition) is 0. The summed E-state index contributed by atoms with van der Waals surface area (Å²) in [6.45, 7) is 11.0. The van der Waals surface area contributed by atoms with E-state index in [9.17, 15) is 0 Å². The Morgan fingerprint density at radius 2 is 1.86 bits per heavy atom. The van der Waals surface area contributed by atoms with Crippen LogP contribution in [0.5, 0.6) is 5.75 Å². The fraction of sp³-hybridized carbons (Fsp3) is 0.556. The van der Waals surface area contributed by atoms with E-state index in [0.717, 1.165) is 31.9 Å². The minimum absolute atomic E-state index is 0.193. The Morgan fingerprint density at radius 1 is 1.05 bits per heavy atom. The summed E-state index contributed by atoms with van der Waals surface area (Å²) in [5.74, 6) is 1.66. The van der Waals surface area contributed by atoms with Crippen LogP contribution in [0.4, 0.5) is 0 Å². The Balaban J connectivity index is 1.98. The molecule has 1 aromatic heterocycles. The second-order valence-electron chi connectivity index (χ2n) is 6.16. The molecular formula is C18H27NO2. The van der Waals surface area contributed by atoms with Crippen molar-refractivity contribution in [1.82, 2.24) is 4.57 Å². The molecule has 3 heteroatoms. The second kappa shape index (κ2) is 7.51. The smallest absolute Gasteiger partial charge is 0.129 e.